The molecule has 2 aliphatic carbocycles. The number of fused-ring (bicyclic) bond motifs is 1. The van der Waals surface area contributed by atoms with Crippen molar-refractivity contribution in [1.82, 2.24) is 0 Å². The summed E-state index contributed by atoms with van der Waals surface area (Å²) in [7, 11) is 1.86. The molecule has 1 saturated carbocycles. The molecule has 0 aliphatic heterocycles. The predicted octanol–water partition coefficient (Wildman–Crippen LogP) is 0.392. The minimum atomic E-state index is 0. The third-order valence-corrected chi connectivity index (χ3v) is 4.67. The Morgan fingerprint density at radius 2 is 1.65 bits per heavy atom. The van der Waals surface area contributed by atoms with Crippen LogP contribution in [0.5, 0.6) is 0 Å². The van der Waals surface area contributed by atoms with Gasteiger partial charge >= 0.3 is 26.8 Å². The minimum absolute atomic E-state index is 0. The molecule has 1 unspecified atom stereocenters. The van der Waals surface area contributed by atoms with Crippen LogP contribution in [0.2, 0.25) is 0 Å². The second-order valence-corrected chi connectivity index (χ2v) is 7.22. The van der Waals surface area contributed by atoms with Gasteiger partial charge in [0, 0.05) is 0 Å². The Morgan fingerprint density at radius 3 is 2.19 bits per heavy atom. The van der Waals surface area contributed by atoms with Gasteiger partial charge in [-0.2, -0.15) is 6.54 Å². The quantitative estimate of drug-likeness (QED) is 0.275. The Balaban J connectivity index is -0.000000357. The molecule has 1 atom stereocenters. The van der Waals surface area contributed by atoms with Gasteiger partial charge in [0.05, 0.1) is 0 Å². The molecule has 2 aliphatic rings. The van der Waals surface area contributed by atoms with Crippen molar-refractivity contribution in [3.8, 4) is 0 Å². The van der Waals surface area contributed by atoms with E-state index in [1.165, 1.54) is 64.2 Å². The Hall–Kier alpha value is 0.821. The van der Waals surface area contributed by atoms with Gasteiger partial charge < -0.3 is 30.5 Å². The van der Waals surface area contributed by atoms with Crippen LogP contribution in [0.15, 0.2) is 23.8 Å². The average Bonchev–Trinajstić information content (AvgIpc) is 3.08. The van der Waals surface area contributed by atoms with Gasteiger partial charge in [-0.05, 0) is 18.3 Å². The SMILES string of the molecule is C1=CCC2CC[CH-]C2=C1.CC(C)CCCCCCCCC[NH-].[Cl-].[Cl-].[SiH2]=[Ti+2]. The number of nitrogens with one attached hydrogen (secondary N) is 1. The van der Waals surface area contributed by atoms with Gasteiger partial charge in [0.15, 0.2) is 0 Å². The molecule has 1 N–H and O–H groups in total. The number of halogens is 2. The summed E-state index contributed by atoms with van der Waals surface area (Å²) in [5, 5.41) is 0. The van der Waals surface area contributed by atoms with Crippen LogP contribution in [-0.4, -0.2) is 14.2 Å². The normalized spacial score (nSPS) is 16.5. The summed E-state index contributed by atoms with van der Waals surface area (Å²) in [5.41, 5.74) is 8.58. The van der Waals surface area contributed by atoms with E-state index in [9.17, 15) is 0 Å². The summed E-state index contributed by atoms with van der Waals surface area (Å²) in [4.78, 5) is 0. The van der Waals surface area contributed by atoms with Crippen molar-refractivity contribution in [3.05, 3.63) is 36.0 Å². The molecule has 1 nitrogen and oxygen atoms in total. The monoisotopic (exact) mass is 451 g/mol. The van der Waals surface area contributed by atoms with Crippen molar-refractivity contribution >= 4 is 7.63 Å². The zero-order valence-electron chi connectivity index (χ0n) is 16.9. The standard InChI is InChI=1S/C12H26N.C9H11.2ClH.H2Si.Ti/c1-12(2)10-8-6-4-3-5-7-9-11-13;1-2-5-9-7-3-6-8(9)4-1;;;;/h12-13H,3-11H2,1-2H3;1-2,4,6,9H,3,5,7H2;2*1H;1H2;/q2*-1;;;;+2/p-2. The molecule has 0 aromatic carbocycles. The summed E-state index contributed by atoms with van der Waals surface area (Å²) < 4.78 is 0. The third kappa shape index (κ3) is 18.2. The van der Waals surface area contributed by atoms with Crippen molar-refractivity contribution in [2.24, 2.45) is 11.8 Å². The van der Waals surface area contributed by atoms with E-state index in [1.807, 2.05) is 26.8 Å². The molecule has 0 radical (unpaired) electrons. The van der Waals surface area contributed by atoms with Gasteiger partial charge in [0.25, 0.3) is 0 Å². The molecule has 1 fully saturated rings. The van der Waals surface area contributed by atoms with Crippen LogP contribution < -0.4 is 24.8 Å². The number of unbranched alkanes of at least 4 members (excludes halogenated alkanes) is 6. The van der Waals surface area contributed by atoms with Crippen molar-refractivity contribution < 1.29 is 44.0 Å². The number of allylic oxidation sites excluding steroid dienone is 4. The molecule has 0 heterocycles. The Morgan fingerprint density at radius 1 is 1.08 bits per heavy atom. The predicted molar refractivity (Wildman–Crippen MR) is 108 cm³/mol. The second-order valence-electron chi connectivity index (χ2n) is 7.22. The second kappa shape index (κ2) is 23.9. The molecule has 0 amide bonds. The Bertz CT molecular complexity index is 349. The summed E-state index contributed by atoms with van der Waals surface area (Å²) >= 11 is 2.03. The van der Waals surface area contributed by atoms with E-state index in [1.54, 1.807) is 5.57 Å². The molecule has 2 rings (SSSR count). The van der Waals surface area contributed by atoms with E-state index in [4.69, 9.17) is 5.73 Å². The van der Waals surface area contributed by atoms with Crippen molar-refractivity contribution in [1.29, 1.82) is 0 Å². The maximum atomic E-state index is 7.00. The molecule has 0 aromatic rings. The van der Waals surface area contributed by atoms with Gasteiger partial charge in [0.2, 0.25) is 0 Å². The average molecular weight is 452 g/mol. The summed E-state index contributed by atoms with van der Waals surface area (Å²) in [6.45, 7) is 5.22. The van der Waals surface area contributed by atoms with Crippen LogP contribution in [0.25, 0.3) is 5.73 Å². The van der Waals surface area contributed by atoms with E-state index in [0.717, 1.165) is 18.3 Å². The fourth-order valence-electron chi connectivity index (χ4n) is 3.23. The summed E-state index contributed by atoms with van der Waals surface area (Å²) in [5.74, 6) is 1.76. The zero-order valence-corrected chi connectivity index (χ0v) is 21.4. The van der Waals surface area contributed by atoms with Crippen LogP contribution in [0.4, 0.5) is 0 Å². The first kappa shape index (κ1) is 31.5. The van der Waals surface area contributed by atoms with E-state index in [0.29, 0.717) is 6.54 Å². The maximum absolute atomic E-state index is 7.00. The van der Waals surface area contributed by atoms with Gasteiger partial charge in [-0.15, -0.1) is 18.6 Å². The third-order valence-electron chi connectivity index (χ3n) is 4.67. The molecular weight excluding hydrogens is 413 g/mol. The van der Waals surface area contributed by atoms with Gasteiger partial charge in [0.1, 0.15) is 0 Å². The fraction of sp³-hybridized carbons (Fsp3) is 0.762. The van der Waals surface area contributed by atoms with E-state index in [2.05, 4.69) is 38.5 Å². The summed E-state index contributed by atoms with van der Waals surface area (Å²) in [6.07, 6.45) is 23.8. The van der Waals surface area contributed by atoms with Crippen molar-refractivity contribution in [2.45, 2.75) is 84.5 Å². The van der Waals surface area contributed by atoms with Crippen LogP contribution >= 0.6 is 0 Å². The van der Waals surface area contributed by atoms with E-state index >= 15 is 0 Å². The Kier molecular flexibility index (Phi) is 28.9. The Labute approximate surface area is 189 Å². The van der Waals surface area contributed by atoms with Crippen molar-refractivity contribution in [2.75, 3.05) is 6.54 Å². The molecular formula is C21H39Cl2NSiTi-2. The van der Waals surface area contributed by atoms with Gasteiger partial charge in [-0.1, -0.05) is 71.6 Å². The summed E-state index contributed by atoms with van der Waals surface area (Å²) in [6, 6.07) is 0. The first-order valence-corrected chi connectivity index (χ1v) is 14.0. The fourth-order valence-corrected chi connectivity index (χ4v) is 3.23. The molecule has 0 spiro atoms. The van der Waals surface area contributed by atoms with E-state index < -0.39 is 0 Å². The number of hydrogen-bond acceptors (Lipinski definition) is 0. The first-order chi connectivity index (χ1) is 11.7. The molecule has 26 heavy (non-hydrogen) atoms. The van der Waals surface area contributed by atoms with E-state index in [-0.39, 0.29) is 24.8 Å². The van der Waals surface area contributed by atoms with Crippen molar-refractivity contribution in [3.63, 3.8) is 0 Å². The van der Waals surface area contributed by atoms with Crippen LogP contribution in [0.3, 0.4) is 0 Å². The topological polar surface area (TPSA) is 23.8 Å². The molecule has 0 saturated heterocycles. The molecule has 5 heteroatoms. The zero-order chi connectivity index (χ0) is 18.0. The van der Waals surface area contributed by atoms with Gasteiger partial charge in [-0.25, -0.2) is 18.1 Å². The molecule has 0 aromatic heterocycles. The first-order valence-electron chi connectivity index (χ1n) is 9.94. The molecule has 0 bridgehead atoms. The van der Waals surface area contributed by atoms with Crippen LogP contribution in [-0.2, 0) is 19.2 Å². The number of rotatable bonds is 9. The van der Waals surface area contributed by atoms with Gasteiger partial charge in [-0.3, -0.25) is 0 Å². The number of hydrogen-bond donors (Lipinski definition) is 0. The van der Waals surface area contributed by atoms with Crippen LogP contribution in [0, 0.1) is 18.3 Å². The molecule has 152 valence electrons. The van der Waals surface area contributed by atoms with Crippen LogP contribution in [0.1, 0.15) is 84.5 Å².